The van der Waals surface area contributed by atoms with Gasteiger partial charge < -0.3 is 11.1 Å². The molecule has 1 aromatic rings. The topological polar surface area (TPSA) is 102 Å². The highest BCUT2D eigenvalue weighted by molar-refractivity contribution is 7.91. The summed E-state index contributed by atoms with van der Waals surface area (Å²) >= 11 is 0. The zero-order chi connectivity index (χ0) is 15.1. The van der Waals surface area contributed by atoms with Crippen molar-refractivity contribution in [3.8, 4) is 0 Å². The molecular weight excluding hydrogens is 290 g/mol. The molecule has 0 aliphatic heterocycles. The van der Waals surface area contributed by atoms with Crippen LogP contribution in [0.2, 0.25) is 0 Å². The minimum atomic E-state index is -3.24. The van der Waals surface area contributed by atoms with Gasteiger partial charge in [0.15, 0.2) is 9.84 Å². The van der Waals surface area contributed by atoms with Crippen LogP contribution in [0.3, 0.4) is 0 Å². The molecule has 0 unspecified atom stereocenters. The third-order valence-electron chi connectivity index (χ3n) is 4.60. The van der Waals surface area contributed by atoms with E-state index in [1.807, 2.05) is 0 Å². The Labute approximate surface area is 124 Å². The monoisotopic (exact) mass is 309 g/mol. The van der Waals surface area contributed by atoms with Gasteiger partial charge >= 0.3 is 6.03 Å². The number of primary amides is 1. The number of hydrogen-bond acceptors (Lipinski definition) is 4. The van der Waals surface area contributed by atoms with Crippen molar-refractivity contribution in [1.29, 1.82) is 0 Å². The first-order valence-corrected chi connectivity index (χ1v) is 8.73. The maximum absolute atomic E-state index is 12.2. The minimum absolute atomic E-state index is 0.165. The van der Waals surface area contributed by atoms with Gasteiger partial charge in [0.25, 0.3) is 0 Å². The van der Waals surface area contributed by atoms with Crippen molar-refractivity contribution in [3.05, 3.63) is 24.5 Å². The van der Waals surface area contributed by atoms with Gasteiger partial charge in [-0.2, -0.15) is 0 Å². The van der Waals surface area contributed by atoms with Crippen LogP contribution in [0.5, 0.6) is 0 Å². The molecule has 0 radical (unpaired) electrons. The highest BCUT2D eigenvalue weighted by Gasteiger charge is 2.53. The lowest BCUT2D eigenvalue weighted by Gasteiger charge is -2.57. The number of carbonyl (C=O) groups is 1. The Morgan fingerprint density at radius 1 is 1.38 bits per heavy atom. The van der Waals surface area contributed by atoms with E-state index in [1.165, 1.54) is 6.20 Å². The number of aromatic nitrogens is 1. The minimum Gasteiger partial charge on any atom is -0.352 e. The molecule has 3 rings (SSSR count). The van der Waals surface area contributed by atoms with Gasteiger partial charge in [-0.1, -0.05) is 0 Å². The Morgan fingerprint density at radius 3 is 2.67 bits per heavy atom. The fraction of sp³-hybridized carbons (Fsp3) is 0.571. The fourth-order valence-corrected chi connectivity index (χ4v) is 5.40. The summed E-state index contributed by atoms with van der Waals surface area (Å²) in [6.45, 7) is 0. The van der Waals surface area contributed by atoms with Crippen LogP contribution in [-0.4, -0.2) is 31.2 Å². The molecule has 2 fully saturated rings. The Hall–Kier alpha value is -1.63. The third kappa shape index (κ3) is 2.88. The van der Waals surface area contributed by atoms with Crippen molar-refractivity contribution in [2.75, 3.05) is 5.75 Å². The summed E-state index contributed by atoms with van der Waals surface area (Å²) < 4.78 is 24.5. The Balaban J connectivity index is 1.51. The van der Waals surface area contributed by atoms with E-state index < -0.39 is 15.9 Å². The number of nitrogens with two attached hydrogens (primary N) is 1. The predicted octanol–water partition coefficient (Wildman–Crippen LogP) is 1.08. The number of rotatable bonds is 4. The Kier molecular flexibility index (Phi) is 3.39. The van der Waals surface area contributed by atoms with Gasteiger partial charge in [0, 0.05) is 18.4 Å². The van der Waals surface area contributed by atoms with Crippen molar-refractivity contribution in [2.24, 2.45) is 17.1 Å². The van der Waals surface area contributed by atoms with E-state index in [-0.39, 0.29) is 23.1 Å². The molecule has 114 valence electrons. The van der Waals surface area contributed by atoms with Crippen molar-refractivity contribution >= 4 is 15.9 Å². The number of nitrogens with zero attached hydrogens (tertiary/aromatic N) is 1. The van der Waals surface area contributed by atoms with E-state index in [9.17, 15) is 13.2 Å². The molecular formula is C14H19N3O3S. The van der Waals surface area contributed by atoms with E-state index >= 15 is 0 Å². The quantitative estimate of drug-likeness (QED) is 0.868. The molecule has 2 saturated carbocycles. The maximum atomic E-state index is 12.2. The lowest BCUT2D eigenvalue weighted by atomic mass is 9.50. The highest BCUT2D eigenvalue weighted by atomic mass is 32.2. The number of carbonyl (C=O) groups excluding carboxylic acids is 1. The molecule has 21 heavy (non-hydrogen) atoms. The zero-order valence-corrected chi connectivity index (χ0v) is 12.5. The summed E-state index contributed by atoms with van der Waals surface area (Å²) in [5.74, 6) is 0.402. The molecule has 0 atom stereocenters. The fourth-order valence-electron chi connectivity index (χ4n) is 3.84. The summed E-state index contributed by atoms with van der Waals surface area (Å²) in [5, 5.41) is 2.70. The smallest absolute Gasteiger partial charge is 0.312 e. The number of nitrogens with one attached hydrogen (secondary N) is 1. The molecule has 6 nitrogen and oxygen atoms in total. The second-order valence-electron chi connectivity index (χ2n) is 6.36. The first-order valence-electron chi connectivity index (χ1n) is 7.07. The third-order valence-corrected chi connectivity index (χ3v) is 6.47. The molecule has 1 aromatic heterocycles. The van der Waals surface area contributed by atoms with Gasteiger partial charge in [0.05, 0.1) is 10.6 Å². The van der Waals surface area contributed by atoms with E-state index in [1.54, 1.807) is 18.3 Å². The molecule has 2 aliphatic rings. The first kappa shape index (κ1) is 14.3. The van der Waals surface area contributed by atoms with Gasteiger partial charge in [-0.15, -0.1) is 0 Å². The van der Waals surface area contributed by atoms with E-state index in [0.29, 0.717) is 4.90 Å². The highest BCUT2D eigenvalue weighted by Crippen LogP contribution is 2.59. The average Bonchev–Trinajstić information content (AvgIpc) is 2.34. The second kappa shape index (κ2) is 4.98. The summed E-state index contributed by atoms with van der Waals surface area (Å²) in [5.41, 5.74) is 5.33. The second-order valence-corrected chi connectivity index (χ2v) is 8.39. The van der Waals surface area contributed by atoms with Crippen LogP contribution in [0.1, 0.15) is 25.7 Å². The molecule has 0 bridgehead atoms. The summed E-state index contributed by atoms with van der Waals surface area (Å²) in [4.78, 5) is 14.9. The average molecular weight is 309 g/mol. The zero-order valence-electron chi connectivity index (χ0n) is 11.7. The van der Waals surface area contributed by atoms with Crippen molar-refractivity contribution in [3.63, 3.8) is 0 Å². The molecule has 0 aromatic carbocycles. The Bertz CT molecular complexity index is 631. The van der Waals surface area contributed by atoms with Crippen LogP contribution >= 0.6 is 0 Å². The molecule has 2 amide bonds. The van der Waals surface area contributed by atoms with Crippen LogP contribution in [0.25, 0.3) is 0 Å². The van der Waals surface area contributed by atoms with E-state index in [4.69, 9.17) is 5.73 Å². The Morgan fingerprint density at radius 2 is 2.10 bits per heavy atom. The number of hydrogen-bond donors (Lipinski definition) is 2. The van der Waals surface area contributed by atoms with Gasteiger partial charge in [-0.05, 0) is 49.1 Å². The van der Waals surface area contributed by atoms with Crippen molar-refractivity contribution < 1.29 is 13.2 Å². The van der Waals surface area contributed by atoms with Gasteiger partial charge in [0.2, 0.25) is 0 Å². The van der Waals surface area contributed by atoms with E-state index in [0.717, 1.165) is 25.7 Å². The molecule has 7 heteroatoms. The molecule has 2 aliphatic carbocycles. The summed E-state index contributed by atoms with van der Waals surface area (Å²) in [7, 11) is -3.24. The van der Waals surface area contributed by atoms with Crippen molar-refractivity contribution in [1.82, 2.24) is 10.3 Å². The summed E-state index contributed by atoms with van der Waals surface area (Å²) in [6, 6.07) is 2.91. The first-order chi connectivity index (χ1) is 9.89. The molecule has 1 spiro atoms. The molecule has 1 heterocycles. The predicted molar refractivity (Wildman–Crippen MR) is 77.2 cm³/mol. The summed E-state index contributed by atoms with van der Waals surface area (Å²) in [6.07, 6.45) is 6.64. The normalized spacial score (nSPS) is 31.2. The lowest BCUT2D eigenvalue weighted by molar-refractivity contribution is -0.0371. The standard InChI is InChI=1S/C14H19N3O3S/c15-13(18)17-11-6-14(7-11)4-10(5-14)9-21(19,20)12-2-1-3-16-8-12/h1-3,8,10-11H,4-7,9H2,(H3,15,17,18). The van der Waals surface area contributed by atoms with Crippen LogP contribution in [0, 0.1) is 11.3 Å². The number of urea groups is 1. The molecule has 3 N–H and O–H groups in total. The molecule has 0 saturated heterocycles. The van der Waals surface area contributed by atoms with Crippen LogP contribution in [-0.2, 0) is 9.84 Å². The van der Waals surface area contributed by atoms with Gasteiger partial charge in [-0.3, -0.25) is 4.98 Å². The largest absolute Gasteiger partial charge is 0.352 e. The van der Waals surface area contributed by atoms with E-state index in [2.05, 4.69) is 10.3 Å². The number of sulfone groups is 1. The van der Waals surface area contributed by atoms with Crippen molar-refractivity contribution in [2.45, 2.75) is 36.6 Å². The maximum Gasteiger partial charge on any atom is 0.312 e. The van der Waals surface area contributed by atoms with Gasteiger partial charge in [-0.25, -0.2) is 13.2 Å². The van der Waals surface area contributed by atoms with Crippen LogP contribution < -0.4 is 11.1 Å². The number of amides is 2. The number of pyridine rings is 1. The van der Waals surface area contributed by atoms with Gasteiger partial charge in [0.1, 0.15) is 0 Å². The van der Waals surface area contributed by atoms with Crippen LogP contribution in [0.15, 0.2) is 29.4 Å². The van der Waals surface area contributed by atoms with Crippen LogP contribution in [0.4, 0.5) is 4.79 Å². The SMILES string of the molecule is NC(=O)NC1CC2(CC(CS(=O)(=O)c3cccnc3)C2)C1. The lowest BCUT2D eigenvalue weighted by Crippen LogP contribution is -2.57.